The van der Waals surface area contributed by atoms with Crippen molar-refractivity contribution >= 4 is 10.0 Å². The van der Waals surface area contributed by atoms with Crippen LogP contribution in [0.4, 0.5) is 4.39 Å². The Labute approximate surface area is 151 Å². The summed E-state index contributed by atoms with van der Waals surface area (Å²) in [4.78, 5) is 4.08. The number of benzene rings is 2. The molecule has 0 saturated heterocycles. The number of hydrogen-bond acceptors (Lipinski definition) is 4. The zero-order valence-corrected chi connectivity index (χ0v) is 14.6. The number of halogens is 1. The average Bonchev–Trinajstić information content (AvgIpc) is 2.61. The molecule has 134 valence electrons. The molecule has 3 aromatic rings. The van der Waals surface area contributed by atoms with E-state index in [2.05, 4.69) is 9.71 Å². The molecule has 0 aliphatic rings. The van der Waals surface area contributed by atoms with Crippen LogP contribution in [0.3, 0.4) is 0 Å². The number of aromatic nitrogens is 1. The second kappa shape index (κ2) is 8.07. The lowest BCUT2D eigenvalue weighted by molar-refractivity contribution is 0.462. The van der Waals surface area contributed by atoms with E-state index in [1.807, 2.05) is 6.07 Å². The molecule has 0 unspecified atom stereocenters. The van der Waals surface area contributed by atoms with Crippen molar-refractivity contribution in [3.63, 3.8) is 0 Å². The van der Waals surface area contributed by atoms with Crippen LogP contribution in [0, 0.1) is 5.82 Å². The van der Waals surface area contributed by atoms with E-state index in [0.29, 0.717) is 17.2 Å². The van der Waals surface area contributed by atoms with Gasteiger partial charge in [-0.15, -0.1) is 0 Å². The molecule has 5 nitrogen and oxygen atoms in total. The minimum absolute atomic E-state index is 0.108. The fourth-order valence-corrected chi connectivity index (χ4v) is 3.44. The highest BCUT2D eigenvalue weighted by atomic mass is 32.2. The standard InChI is InChI=1S/C19H17FN2O3S/c20-17-7-3-6-16(11-17)14-26(23,24)22-13-15-5-4-8-18(12-15)25-19-9-1-2-10-21-19/h1-12,22H,13-14H2. The van der Waals surface area contributed by atoms with Crippen molar-refractivity contribution < 1.29 is 17.5 Å². The zero-order valence-electron chi connectivity index (χ0n) is 13.8. The molecule has 1 heterocycles. The minimum Gasteiger partial charge on any atom is -0.439 e. The molecule has 1 aromatic heterocycles. The van der Waals surface area contributed by atoms with Crippen LogP contribution in [0.1, 0.15) is 11.1 Å². The fourth-order valence-electron chi connectivity index (χ4n) is 2.34. The van der Waals surface area contributed by atoms with E-state index < -0.39 is 15.8 Å². The van der Waals surface area contributed by atoms with Crippen molar-refractivity contribution in [3.8, 4) is 11.6 Å². The summed E-state index contributed by atoms with van der Waals surface area (Å²) in [6.07, 6.45) is 1.62. The Hall–Kier alpha value is -2.77. The Morgan fingerprint density at radius 2 is 1.77 bits per heavy atom. The first-order chi connectivity index (χ1) is 12.5. The summed E-state index contributed by atoms with van der Waals surface area (Å²) in [7, 11) is -3.59. The molecular formula is C19H17FN2O3S. The first-order valence-corrected chi connectivity index (χ1v) is 9.55. The van der Waals surface area contributed by atoms with E-state index in [4.69, 9.17) is 4.74 Å². The molecule has 0 amide bonds. The first kappa shape index (κ1) is 18.0. The van der Waals surface area contributed by atoms with Crippen LogP contribution in [-0.2, 0) is 22.3 Å². The van der Waals surface area contributed by atoms with Gasteiger partial charge in [-0.2, -0.15) is 0 Å². The highest BCUT2D eigenvalue weighted by Gasteiger charge is 2.12. The summed E-state index contributed by atoms with van der Waals surface area (Å²) in [5.74, 6) is 0.272. The molecule has 0 aliphatic carbocycles. The van der Waals surface area contributed by atoms with E-state index in [-0.39, 0.29) is 12.3 Å². The van der Waals surface area contributed by atoms with Crippen LogP contribution in [0.25, 0.3) is 0 Å². The van der Waals surface area contributed by atoms with Crippen molar-refractivity contribution in [2.75, 3.05) is 0 Å². The molecule has 1 N–H and O–H groups in total. The second-order valence-corrected chi connectivity index (χ2v) is 7.43. The third kappa shape index (κ3) is 5.37. The normalized spacial score (nSPS) is 11.3. The summed E-state index contributed by atoms with van der Waals surface area (Å²) in [6.45, 7) is 0.108. The zero-order chi connectivity index (χ0) is 18.4. The van der Waals surface area contributed by atoms with Gasteiger partial charge >= 0.3 is 0 Å². The van der Waals surface area contributed by atoms with Crippen LogP contribution in [0.2, 0.25) is 0 Å². The maximum Gasteiger partial charge on any atom is 0.219 e. The molecule has 26 heavy (non-hydrogen) atoms. The molecule has 0 fully saturated rings. The minimum atomic E-state index is -3.59. The SMILES string of the molecule is O=S(=O)(Cc1cccc(F)c1)NCc1cccc(Oc2ccccn2)c1. The first-order valence-electron chi connectivity index (χ1n) is 7.90. The van der Waals surface area contributed by atoms with Gasteiger partial charge in [-0.05, 0) is 41.5 Å². The van der Waals surface area contributed by atoms with Crippen LogP contribution in [0.5, 0.6) is 11.6 Å². The Morgan fingerprint density at radius 1 is 0.962 bits per heavy atom. The predicted octanol–water partition coefficient (Wildman–Crippen LogP) is 3.63. The molecular weight excluding hydrogens is 355 g/mol. The van der Waals surface area contributed by atoms with E-state index in [1.54, 1.807) is 48.7 Å². The Kier molecular flexibility index (Phi) is 5.60. The highest BCUT2D eigenvalue weighted by molar-refractivity contribution is 7.88. The van der Waals surface area contributed by atoms with E-state index >= 15 is 0 Å². The lowest BCUT2D eigenvalue weighted by atomic mass is 10.2. The fraction of sp³-hybridized carbons (Fsp3) is 0.105. The van der Waals surface area contributed by atoms with Gasteiger partial charge in [-0.3, -0.25) is 0 Å². The molecule has 3 rings (SSSR count). The summed E-state index contributed by atoms with van der Waals surface area (Å²) in [5, 5.41) is 0. The van der Waals surface area contributed by atoms with Gasteiger partial charge in [0.1, 0.15) is 11.6 Å². The van der Waals surface area contributed by atoms with E-state index in [0.717, 1.165) is 5.56 Å². The quantitative estimate of drug-likeness (QED) is 0.688. The molecule has 2 aromatic carbocycles. The molecule has 0 bridgehead atoms. The van der Waals surface area contributed by atoms with Gasteiger partial charge < -0.3 is 4.74 Å². The van der Waals surface area contributed by atoms with Gasteiger partial charge in [0, 0.05) is 18.8 Å². The van der Waals surface area contributed by atoms with Crippen molar-refractivity contribution in [1.29, 1.82) is 0 Å². The summed E-state index contributed by atoms with van der Waals surface area (Å²) >= 11 is 0. The van der Waals surface area contributed by atoms with Crippen LogP contribution >= 0.6 is 0 Å². The average molecular weight is 372 g/mol. The van der Waals surface area contributed by atoms with Crippen molar-refractivity contribution in [1.82, 2.24) is 9.71 Å². The second-order valence-electron chi connectivity index (χ2n) is 5.63. The molecule has 0 saturated carbocycles. The molecule has 0 atom stereocenters. The summed E-state index contributed by atoms with van der Waals surface area (Å²) in [5.41, 5.74) is 1.13. The molecule has 0 spiro atoms. The Balaban J connectivity index is 1.63. The van der Waals surface area contributed by atoms with Crippen molar-refractivity contribution in [3.05, 3.63) is 89.9 Å². The number of hydrogen-bond donors (Lipinski definition) is 1. The number of pyridine rings is 1. The van der Waals surface area contributed by atoms with E-state index in [1.165, 1.54) is 18.2 Å². The number of sulfonamides is 1. The van der Waals surface area contributed by atoms with Gasteiger partial charge in [0.15, 0.2) is 0 Å². The number of nitrogens with zero attached hydrogens (tertiary/aromatic N) is 1. The maximum atomic E-state index is 13.2. The summed E-state index contributed by atoms with van der Waals surface area (Å²) < 4.78 is 45.7. The maximum absolute atomic E-state index is 13.2. The molecule has 0 radical (unpaired) electrons. The lowest BCUT2D eigenvalue weighted by Gasteiger charge is -2.09. The van der Waals surface area contributed by atoms with Gasteiger partial charge in [0.05, 0.1) is 5.75 Å². The topological polar surface area (TPSA) is 68.3 Å². The molecule has 7 heteroatoms. The van der Waals surface area contributed by atoms with Gasteiger partial charge in [-0.1, -0.05) is 30.3 Å². The monoisotopic (exact) mass is 372 g/mol. The lowest BCUT2D eigenvalue weighted by Crippen LogP contribution is -2.24. The highest BCUT2D eigenvalue weighted by Crippen LogP contribution is 2.20. The summed E-state index contributed by atoms with van der Waals surface area (Å²) in [6, 6.07) is 17.9. The number of rotatable bonds is 7. The van der Waals surface area contributed by atoms with Gasteiger partial charge in [0.25, 0.3) is 0 Å². The smallest absolute Gasteiger partial charge is 0.219 e. The van der Waals surface area contributed by atoms with Crippen molar-refractivity contribution in [2.24, 2.45) is 0 Å². The van der Waals surface area contributed by atoms with Crippen molar-refractivity contribution in [2.45, 2.75) is 12.3 Å². The van der Waals surface area contributed by atoms with Crippen LogP contribution < -0.4 is 9.46 Å². The van der Waals surface area contributed by atoms with Gasteiger partial charge in [-0.25, -0.2) is 22.5 Å². The predicted molar refractivity (Wildman–Crippen MR) is 96.6 cm³/mol. The van der Waals surface area contributed by atoms with Crippen LogP contribution in [0.15, 0.2) is 72.9 Å². The number of nitrogens with one attached hydrogen (secondary N) is 1. The number of ether oxygens (including phenoxy) is 1. The third-order valence-corrected chi connectivity index (χ3v) is 4.80. The third-order valence-electron chi connectivity index (χ3n) is 3.50. The van der Waals surface area contributed by atoms with E-state index in [9.17, 15) is 12.8 Å². The Bertz CT molecular complexity index is 979. The largest absolute Gasteiger partial charge is 0.439 e. The van der Waals surface area contributed by atoms with Crippen LogP contribution in [-0.4, -0.2) is 13.4 Å². The molecule has 0 aliphatic heterocycles. The Morgan fingerprint density at radius 3 is 2.54 bits per heavy atom. The van der Waals surface area contributed by atoms with Gasteiger partial charge in [0.2, 0.25) is 15.9 Å².